The fourth-order valence-electron chi connectivity index (χ4n) is 3.39. The molecule has 1 saturated carbocycles. The molecule has 22 heavy (non-hydrogen) atoms. The predicted octanol–water partition coefficient (Wildman–Crippen LogP) is 2.00. The topological polar surface area (TPSA) is 75.6 Å². The van der Waals surface area contributed by atoms with E-state index in [1.54, 1.807) is 0 Å². The Morgan fingerprint density at radius 2 is 1.95 bits per heavy atom. The van der Waals surface area contributed by atoms with Crippen LogP contribution in [0, 0.1) is 11.8 Å². The highest BCUT2D eigenvalue weighted by molar-refractivity contribution is 5.80. The number of ether oxygens (including phenoxy) is 1. The number of hydrogen-bond donors (Lipinski definition) is 2. The maximum Gasteiger partial charge on any atom is 0.306 e. The summed E-state index contributed by atoms with van der Waals surface area (Å²) in [6, 6.07) is 7.81. The van der Waals surface area contributed by atoms with E-state index in [-0.39, 0.29) is 23.8 Å². The quantitative estimate of drug-likeness (QED) is 0.895. The molecule has 3 rings (SSSR count). The summed E-state index contributed by atoms with van der Waals surface area (Å²) < 4.78 is 5.67. The van der Waals surface area contributed by atoms with E-state index in [1.807, 2.05) is 24.3 Å². The molecule has 1 aromatic rings. The van der Waals surface area contributed by atoms with Crippen molar-refractivity contribution in [3.8, 4) is 5.75 Å². The molecule has 118 valence electrons. The molecule has 1 amide bonds. The number of fused-ring (bicyclic) bond motifs is 1. The summed E-state index contributed by atoms with van der Waals surface area (Å²) >= 11 is 0. The van der Waals surface area contributed by atoms with Crippen LogP contribution in [-0.2, 0) is 16.0 Å². The SMILES string of the molecule is O=C(O)C1CCCC(C(=O)NC2COc3ccccc3C2)C1. The third kappa shape index (κ3) is 3.24. The summed E-state index contributed by atoms with van der Waals surface area (Å²) in [4.78, 5) is 23.5. The van der Waals surface area contributed by atoms with Crippen LogP contribution in [0.4, 0.5) is 0 Å². The molecule has 5 heteroatoms. The van der Waals surface area contributed by atoms with Crippen molar-refractivity contribution in [1.82, 2.24) is 5.32 Å². The van der Waals surface area contributed by atoms with Gasteiger partial charge in [-0.3, -0.25) is 9.59 Å². The minimum Gasteiger partial charge on any atom is -0.491 e. The fourth-order valence-corrected chi connectivity index (χ4v) is 3.39. The van der Waals surface area contributed by atoms with E-state index in [0.717, 1.165) is 30.6 Å². The lowest BCUT2D eigenvalue weighted by Gasteiger charge is -2.30. The highest BCUT2D eigenvalue weighted by Crippen LogP contribution is 2.30. The van der Waals surface area contributed by atoms with E-state index < -0.39 is 5.97 Å². The molecule has 5 nitrogen and oxygen atoms in total. The predicted molar refractivity (Wildman–Crippen MR) is 80.7 cm³/mol. The molecule has 2 aliphatic rings. The highest BCUT2D eigenvalue weighted by Gasteiger charge is 2.32. The number of aliphatic carboxylic acids is 1. The summed E-state index contributed by atoms with van der Waals surface area (Å²) in [5.74, 6) is -0.497. The molecule has 0 aromatic heterocycles. The average molecular weight is 303 g/mol. The van der Waals surface area contributed by atoms with Crippen molar-refractivity contribution in [3.05, 3.63) is 29.8 Å². The lowest BCUT2D eigenvalue weighted by atomic mass is 9.81. The van der Waals surface area contributed by atoms with Gasteiger partial charge in [-0.2, -0.15) is 0 Å². The Morgan fingerprint density at radius 3 is 2.77 bits per heavy atom. The summed E-state index contributed by atoms with van der Waals surface area (Å²) in [5.41, 5.74) is 1.10. The summed E-state index contributed by atoms with van der Waals surface area (Å²) in [5, 5.41) is 12.1. The van der Waals surface area contributed by atoms with Crippen LogP contribution >= 0.6 is 0 Å². The number of para-hydroxylation sites is 1. The van der Waals surface area contributed by atoms with Gasteiger partial charge in [0.15, 0.2) is 0 Å². The van der Waals surface area contributed by atoms with Crippen molar-refractivity contribution in [2.24, 2.45) is 11.8 Å². The van der Waals surface area contributed by atoms with Crippen LogP contribution in [-0.4, -0.2) is 29.6 Å². The maximum atomic E-state index is 12.4. The van der Waals surface area contributed by atoms with Crippen LogP contribution in [0.2, 0.25) is 0 Å². The van der Waals surface area contributed by atoms with E-state index in [1.165, 1.54) is 0 Å². The summed E-state index contributed by atoms with van der Waals surface area (Å²) in [6.07, 6.45) is 3.47. The third-order valence-corrected chi connectivity index (χ3v) is 4.62. The van der Waals surface area contributed by atoms with Crippen molar-refractivity contribution in [2.75, 3.05) is 6.61 Å². The van der Waals surface area contributed by atoms with Crippen LogP contribution in [0.3, 0.4) is 0 Å². The molecule has 1 heterocycles. The van der Waals surface area contributed by atoms with Crippen LogP contribution in [0.25, 0.3) is 0 Å². The summed E-state index contributed by atoms with van der Waals surface area (Å²) in [6.45, 7) is 0.470. The molecule has 1 aliphatic heterocycles. The first kappa shape index (κ1) is 14.9. The molecular weight excluding hydrogens is 282 g/mol. The third-order valence-electron chi connectivity index (χ3n) is 4.62. The minimum absolute atomic E-state index is 0.0288. The number of carboxylic acids is 1. The highest BCUT2D eigenvalue weighted by atomic mass is 16.5. The van der Waals surface area contributed by atoms with Gasteiger partial charge in [0, 0.05) is 5.92 Å². The first-order valence-corrected chi connectivity index (χ1v) is 7.87. The summed E-state index contributed by atoms with van der Waals surface area (Å²) in [7, 11) is 0. The van der Waals surface area contributed by atoms with Crippen LogP contribution in [0.15, 0.2) is 24.3 Å². The van der Waals surface area contributed by atoms with Crippen LogP contribution in [0.1, 0.15) is 31.2 Å². The lowest BCUT2D eigenvalue weighted by molar-refractivity contribution is -0.144. The Hall–Kier alpha value is -2.04. The van der Waals surface area contributed by atoms with Gasteiger partial charge in [-0.1, -0.05) is 24.6 Å². The van der Waals surface area contributed by atoms with Gasteiger partial charge in [-0.15, -0.1) is 0 Å². The number of hydrogen-bond acceptors (Lipinski definition) is 3. The van der Waals surface area contributed by atoms with Gasteiger partial charge >= 0.3 is 5.97 Å². The molecule has 2 N–H and O–H groups in total. The van der Waals surface area contributed by atoms with E-state index in [0.29, 0.717) is 19.4 Å². The second-order valence-electron chi connectivity index (χ2n) is 6.23. The van der Waals surface area contributed by atoms with Gasteiger partial charge in [-0.05, 0) is 37.3 Å². The molecule has 3 unspecified atom stereocenters. The van der Waals surface area contributed by atoms with Crippen molar-refractivity contribution in [3.63, 3.8) is 0 Å². The molecule has 3 atom stereocenters. The molecule has 0 radical (unpaired) electrons. The van der Waals surface area contributed by atoms with Gasteiger partial charge in [0.1, 0.15) is 12.4 Å². The van der Waals surface area contributed by atoms with Gasteiger partial charge in [-0.25, -0.2) is 0 Å². The lowest BCUT2D eigenvalue weighted by Crippen LogP contribution is -2.46. The largest absolute Gasteiger partial charge is 0.491 e. The molecule has 0 spiro atoms. The maximum absolute atomic E-state index is 12.4. The average Bonchev–Trinajstić information content (AvgIpc) is 2.55. The fraction of sp³-hybridized carbons (Fsp3) is 0.529. The number of carboxylic acid groups (broad SMARTS) is 1. The normalized spacial score (nSPS) is 27.4. The smallest absolute Gasteiger partial charge is 0.306 e. The molecule has 1 aliphatic carbocycles. The standard InChI is InChI=1S/C17H21NO4/c19-16(12-5-3-6-13(8-12)17(20)21)18-14-9-11-4-1-2-7-15(11)22-10-14/h1-2,4,7,12-14H,3,5-6,8-10H2,(H,18,19)(H,20,21). The van der Waals surface area contributed by atoms with Crippen molar-refractivity contribution >= 4 is 11.9 Å². The van der Waals surface area contributed by atoms with Gasteiger partial charge in [0.05, 0.1) is 12.0 Å². The molecule has 0 saturated heterocycles. The Balaban J connectivity index is 1.57. The Bertz CT molecular complexity index is 572. The first-order valence-electron chi connectivity index (χ1n) is 7.87. The zero-order valence-electron chi connectivity index (χ0n) is 12.5. The number of rotatable bonds is 3. The van der Waals surface area contributed by atoms with E-state index >= 15 is 0 Å². The second-order valence-corrected chi connectivity index (χ2v) is 6.23. The number of benzene rings is 1. The van der Waals surface area contributed by atoms with Crippen molar-refractivity contribution in [1.29, 1.82) is 0 Å². The monoisotopic (exact) mass is 303 g/mol. The van der Waals surface area contributed by atoms with E-state index in [9.17, 15) is 9.59 Å². The van der Waals surface area contributed by atoms with E-state index in [2.05, 4.69) is 5.32 Å². The molecular formula is C17H21NO4. The molecule has 1 aromatic carbocycles. The van der Waals surface area contributed by atoms with Gasteiger partial charge in [0.2, 0.25) is 5.91 Å². The van der Waals surface area contributed by atoms with Gasteiger partial charge < -0.3 is 15.2 Å². The van der Waals surface area contributed by atoms with Crippen LogP contribution < -0.4 is 10.1 Å². The Kier molecular flexibility index (Phi) is 4.32. The number of carbonyl (C=O) groups is 2. The van der Waals surface area contributed by atoms with E-state index in [4.69, 9.17) is 9.84 Å². The second kappa shape index (κ2) is 6.38. The zero-order valence-corrected chi connectivity index (χ0v) is 12.5. The number of nitrogens with one attached hydrogen (secondary N) is 1. The van der Waals surface area contributed by atoms with Crippen LogP contribution in [0.5, 0.6) is 5.75 Å². The Labute approximate surface area is 129 Å². The Morgan fingerprint density at radius 1 is 1.18 bits per heavy atom. The minimum atomic E-state index is -0.785. The van der Waals surface area contributed by atoms with Crippen molar-refractivity contribution < 1.29 is 19.4 Å². The number of amides is 1. The van der Waals surface area contributed by atoms with Crippen molar-refractivity contribution in [2.45, 2.75) is 38.1 Å². The van der Waals surface area contributed by atoms with Gasteiger partial charge in [0.25, 0.3) is 0 Å². The zero-order chi connectivity index (χ0) is 15.5. The number of carbonyl (C=O) groups excluding carboxylic acids is 1. The first-order chi connectivity index (χ1) is 10.6. The molecule has 0 bridgehead atoms. The molecule has 1 fully saturated rings.